The van der Waals surface area contributed by atoms with E-state index in [0.717, 1.165) is 17.2 Å². The van der Waals surface area contributed by atoms with Crippen molar-refractivity contribution in [1.29, 1.82) is 0 Å². The van der Waals surface area contributed by atoms with Crippen LogP contribution in [0.2, 0.25) is 5.02 Å². The maximum absolute atomic E-state index is 12.2. The number of benzene rings is 2. The molecule has 6 nitrogen and oxygen atoms in total. The molecule has 0 aliphatic carbocycles. The fraction of sp³-hybridized carbons (Fsp3) is 0.190. The minimum atomic E-state index is -0.884. The molecule has 1 N–H and O–H groups in total. The standard InChI is InChI=1S/C21H18ClNO5/c1-12-6-7-18-16(8-12)17(24)10-19(28-18)21(26)27-11-20(25)23-13(2)14-4-3-5-15(22)9-14/h3-10,13H,11H2,1-2H3,(H,23,25)/t13-/m0/s1. The van der Waals surface area contributed by atoms with E-state index in [2.05, 4.69) is 5.32 Å². The van der Waals surface area contributed by atoms with Crippen molar-refractivity contribution >= 4 is 34.4 Å². The van der Waals surface area contributed by atoms with E-state index in [9.17, 15) is 14.4 Å². The third-order valence-corrected chi connectivity index (χ3v) is 4.38. The van der Waals surface area contributed by atoms with Crippen LogP contribution in [0.25, 0.3) is 11.0 Å². The highest BCUT2D eigenvalue weighted by Gasteiger charge is 2.17. The van der Waals surface area contributed by atoms with Crippen LogP contribution >= 0.6 is 11.6 Å². The van der Waals surface area contributed by atoms with Gasteiger partial charge < -0.3 is 14.5 Å². The summed E-state index contributed by atoms with van der Waals surface area (Å²) < 4.78 is 10.4. The molecular formula is C21H18ClNO5. The van der Waals surface area contributed by atoms with Gasteiger partial charge in [-0.25, -0.2) is 4.79 Å². The van der Waals surface area contributed by atoms with E-state index in [0.29, 0.717) is 10.4 Å². The molecule has 3 aromatic rings. The first-order valence-electron chi connectivity index (χ1n) is 8.60. The normalized spacial score (nSPS) is 11.8. The Bertz CT molecular complexity index is 1110. The van der Waals surface area contributed by atoms with Gasteiger partial charge in [0.05, 0.1) is 11.4 Å². The van der Waals surface area contributed by atoms with E-state index in [1.165, 1.54) is 0 Å². The first-order valence-corrected chi connectivity index (χ1v) is 8.98. The summed E-state index contributed by atoms with van der Waals surface area (Å²) in [5.74, 6) is -1.62. The molecule has 28 heavy (non-hydrogen) atoms. The molecule has 0 aliphatic rings. The first-order chi connectivity index (χ1) is 13.3. The molecule has 0 fully saturated rings. The third kappa shape index (κ3) is 4.58. The molecule has 0 spiro atoms. The Kier molecular flexibility index (Phi) is 5.80. The number of ether oxygens (including phenoxy) is 1. The number of halogens is 1. The lowest BCUT2D eigenvalue weighted by molar-refractivity contribution is -0.124. The van der Waals surface area contributed by atoms with Crippen LogP contribution in [-0.4, -0.2) is 18.5 Å². The highest BCUT2D eigenvalue weighted by Crippen LogP contribution is 2.17. The summed E-state index contributed by atoms with van der Waals surface area (Å²) in [6, 6.07) is 12.9. The van der Waals surface area contributed by atoms with Crippen LogP contribution in [0.4, 0.5) is 0 Å². The van der Waals surface area contributed by atoms with Crippen molar-refractivity contribution in [2.24, 2.45) is 0 Å². The number of fused-ring (bicyclic) bond motifs is 1. The van der Waals surface area contributed by atoms with Gasteiger partial charge in [0, 0.05) is 11.1 Å². The number of hydrogen-bond donors (Lipinski definition) is 1. The molecule has 0 radical (unpaired) electrons. The van der Waals surface area contributed by atoms with Crippen LogP contribution in [0.15, 0.2) is 57.7 Å². The third-order valence-electron chi connectivity index (χ3n) is 4.14. The first kappa shape index (κ1) is 19.6. The van der Waals surface area contributed by atoms with Gasteiger partial charge in [-0.3, -0.25) is 9.59 Å². The summed E-state index contributed by atoms with van der Waals surface area (Å²) in [5.41, 5.74) is 1.66. The lowest BCUT2D eigenvalue weighted by Crippen LogP contribution is -2.31. The maximum atomic E-state index is 12.2. The van der Waals surface area contributed by atoms with E-state index in [1.54, 1.807) is 43.3 Å². The molecule has 1 heterocycles. The van der Waals surface area contributed by atoms with Gasteiger partial charge >= 0.3 is 5.97 Å². The Morgan fingerprint density at radius 2 is 1.96 bits per heavy atom. The molecule has 3 rings (SSSR count). The molecule has 1 aromatic heterocycles. The molecule has 0 saturated heterocycles. The number of amides is 1. The Hall–Kier alpha value is -3.12. The fourth-order valence-corrected chi connectivity index (χ4v) is 2.91. The summed E-state index contributed by atoms with van der Waals surface area (Å²) in [5, 5.41) is 3.65. The molecule has 1 atom stereocenters. The Labute approximate surface area is 166 Å². The highest BCUT2D eigenvalue weighted by molar-refractivity contribution is 6.30. The van der Waals surface area contributed by atoms with Crippen LogP contribution in [0.3, 0.4) is 0 Å². The maximum Gasteiger partial charge on any atom is 0.374 e. The van der Waals surface area contributed by atoms with Gasteiger partial charge in [-0.15, -0.1) is 0 Å². The van der Waals surface area contributed by atoms with E-state index in [1.807, 2.05) is 13.0 Å². The number of rotatable bonds is 5. The van der Waals surface area contributed by atoms with Gasteiger partial charge in [0.2, 0.25) is 5.76 Å². The van der Waals surface area contributed by atoms with Gasteiger partial charge in [0.1, 0.15) is 5.58 Å². The van der Waals surface area contributed by atoms with Crippen molar-refractivity contribution in [2.45, 2.75) is 19.9 Å². The Morgan fingerprint density at radius 1 is 1.18 bits per heavy atom. The van der Waals surface area contributed by atoms with E-state index in [4.69, 9.17) is 20.8 Å². The lowest BCUT2D eigenvalue weighted by Gasteiger charge is -2.14. The number of esters is 1. The number of carbonyl (C=O) groups excluding carboxylic acids is 2. The van der Waals surface area contributed by atoms with Crippen LogP contribution in [0, 0.1) is 6.92 Å². The summed E-state index contributed by atoms with van der Waals surface area (Å²) in [4.78, 5) is 36.4. The SMILES string of the molecule is Cc1ccc2oc(C(=O)OCC(=O)N[C@@H](C)c3cccc(Cl)c3)cc(=O)c2c1. The number of aryl methyl sites for hydroxylation is 1. The molecule has 0 saturated carbocycles. The number of hydrogen-bond acceptors (Lipinski definition) is 5. The largest absolute Gasteiger partial charge is 0.450 e. The molecular weight excluding hydrogens is 382 g/mol. The minimum Gasteiger partial charge on any atom is -0.450 e. The number of carbonyl (C=O) groups is 2. The van der Waals surface area contributed by atoms with Crippen LogP contribution < -0.4 is 10.7 Å². The molecule has 0 aliphatic heterocycles. The summed E-state index contributed by atoms with van der Waals surface area (Å²) >= 11 is 5.94. The van der Waals surface area contributed by atoms with Gasteiger partial charge in [-0.05, 0) is 43.7 Å². The second-order valence-electron chi connectivity index (χ2n) is 6.39. The molecule has 0 bridgehead atoms. The van der Waals surface area contributed by atoms with Crippen molar-refractivity contribution in [3.63, 3.8) is 0 Å². The van der Waals surface area contributed by atoms with E-state index in [-0.39, 0.29) is 22.8 Å². The molecule has 1 amide bonds. The van der Waals surface area contributed by atoms with Gasteiger partial charge in [0.25, 0.3) is 5.91 Å². The minimum absolute atomic E-state index is 0.253. The molecule has 144 valence electrons. The van der Waals surface area contributed by atoms with Crippen molar-refractivity contribution in [3.8, 4) is 0 Å². The van der Waals surface area contributed by atoms with Crippen molar-refractivity contribution in [2.75, 3.05) is 6.61 Å². The predicted octanol–water partition coefficient (Wildman–Crippen LogP) is 3.79. The average molecular weight is 400 g/mol. The zero-order valence-electron chi connectivity index (χ0n) is 15.3. The van der Waals surface area contributed by atoms with Gasteiger partial charge in [-0.1, -0.05) is 35.4 Å². The smallest absolute Gasteiger partial charge is 0.374 e. The summed E-state index contributed by atoms with van der Waals surface area (Å²) in [7, 11) is 0. The molecule has 2 aromatic carbocycles. The fourth-order valence-electron chi connectivity index (χ4n) is 2.72. The topological polar surface area (TPSA) is 85.6 Å². The van der Waals surface area contributed by atoms with Crippen molar-refractivity contribution < 1.29 is 18.7 Å². The predicted molar refractivity (Wildman–Crippen MR) is 106 cm³/mol. The van der Waals surface area contributed by atoms with Crippen LogP contribution in [-0.2, 0) is 9.53 Å². The Morgan fingerprint density at radius 3 is 2.71 bits per heavy atom. The van der Waals surface area contributed by atoms with E-state index >= 15 is 0 Å². The molecule has 7 heteroatoms. The zero-order chi connectivity index (χ0) is 20.3. The van der Waals surface area contributed by atoms with Crippen LogP contribution in [0.1, 0.15) is 34.6 Å². The summed E-state index contributed by atoms with van der Waals surface area (Å²) in [6.45, 7) is 3.14. The van der Waals surface area contributed by atoms with Gasteiger partial charge in [-0.2, -0.15) is 0 Å². The lowest BCUT2D eigenvalue weighted by atomic mass is 10.1. The van der Waals surface area contributed by atoms with Gasteiger partial charge in [0.15, 0.2) is 12.0 Å². The van der Waals surface area contributed by atoms with Crippen molar-refractivity contribution in [3.05, 3.63) is 80.7 Å². The quantitative estimate of drug-likeness (QED) is 0.660. The second-order valence-corrected chi connectivity index (χ2v) is 6.83. The average Bonchev–Trinajstić information content (AvgIpc) is 2.66. The summed E-state index contributed by atoms with van der Waals surface area (Å²) in [6.07, 6.45) is 0. The van der Waals surface area contributed by atoms with E-state index < -0.39 is 18.5 Å². The zero-order valence-corrected chi connectivity index (χ0v) is 16.1. The molecule has 0 unspecified atom stereocenters. The second kappa shape index (κ2) is 8.27. The Balaban J connectivity index is 1.63. The monoisotopic (exact) mass is 399 g/mol. The number of nitrogens with one attached hydrogen (secondary N) is 1. The highest BCUT2D eigenvalue weighted by atomic mass is 35.5. The van der Waals surface area contributed by atoms with Crippen LogP contribution in [0.5, 0.6) is 0 Å². The van der Waals surface area contributed by atoms with Crippen molar-refractivity contribution in [1.82, 2.24) is 5.32 Å².